The molecule has 1 amide bonds. The minimum absolute atomic E-state index is 0.136. The third-order valence-corrected chi connectivity index (χ3v) is 8.08. The number of carbonyl (C=O) groups is 1. The topological polar surface area (TPSA) is 130 Å². The minimum atomic E-state index is -0.321. The number of anilines is 2. The maximum Gasteiger partial charge on any atom is 0.328 e. The lowest BCUT2D eigenvalue weighted by Crippen LogP contribution is -2.52. The Morgan fingerprint density at radius 1 is 1.17 bits per heavy atom. The summed E-state index contributed by atoms with van der Waals surface area (Å²) in [5.41, 5.74) is 11.3. The second-order valence-electron chi connectivity index (χ2n) is 10.3. The van der Waals surface area contributed by atoms with Crippen LogP contribution in [-0.2, 0) is 24.3 Å². The normalized spacial score (nSPS) is 18.1. The molecular formula is C29H32ClN7O4. The summed E-state index contributed by atoms with van der Waals surface area (Å²) in [5, 5.41) is 3.47. The molecule has 2 aliphatic rings. The molecule has 1 fully saturated rings. The highest BCUT2D eigenvalue weighted by Crippen LogP contribution is 2.38. The van der Waals surface area contributed by atoms with E-state index in [4.69, 9.17) is 31.5 Å². The lowest BCUT2D eigenvalue weighted by Gasteiger charge is -2.36. The van der Waals surface area contributed by atoms with Crippen molar-refractivity contribution in [2.75, 3.05) is 31.4 Å². The van der Waals surface area contributed by atoms with Crippen LogP contribution in [0.25, 0.3) is 11.2 Å². The predicted molar refractivity (Wildman–Crippen MR) is 156 cm³/mol. The molecule has 1 aromatic carbocycles. The molecule has 0 spiro atoms. The molecule has 0 saturated heterocycles. The first kappa shape index (κ1) is 27.1. The summed E-state index contributed by atoms with van der Waals surface area (Å²) in [5.74, 6) is 1.34. The van der Waals surface area contributed by atoms with Gasteiger partial charge in [0.1, 0.15) is 22.7 Å². The van der Waals surface area contributed by atoms with E-state index in [9.17, 15) is 4.79 Å². The molecule has 3 aromatic heterocycles. The highest BCUT2D eigenvalue weighted by atomic mass is 35.5. The quantitative estimate of drug-likeness (QED) is 0.294. The zero-order valence-corrected chi connectivity index (χ0v) is 23.7. The fourth-order valence-corrected chi connectivity index (χ4v) is 5.67. The van der Waals surface area contributed by atoms with Crippen molar-refractivity contribution in [1.29, 1.82) is 0 Å². The van der Waals surface area contributed by atoms with Crippen molar-refractivity contribution in [3.63, 3.8) is 0 Å². The first-order valence-corrected chi connectivity index (χ1v) is 14.0. The number of fused-ring (bicyclic) bond motifs is 3. The molecule has 0 unspecified atom stereocenters. The Labute approximate surface area is 242 Å². The number of pyridine rings is 2. The van der Waals surface area contributed by atoms with Gasteiger partial charge in [0, 0.05) is 18.7 Å². The van der Waals surface area contributed by atoms with Crippen molar-refractivity contribution < 1.29 is 19.0 Å². The highest BCUT2D eigenvalue weighted by molar-refractivity contribution is 6.31. The number of nitrogens with one attached hydrogen (secondary N) is 1. The van der Waals surface area contributed by atoms with E-state index in [1.807, 2.05) is 12.1 Å². The number of methoxy groups -OCH3 is 2. The van der Waals surface area contributed by atoms with E-state index in [0.29, 0.717) is 40.0 Å². The van der Waals surface area contributed by atoms with Gasteiger partial charge in [-0.05, 0) is 49.4 Å². The molecule has 6 rings (SSSR count). The SMILES string of the molecule is COc1ccc(CN2CCCc3c(Cl)nc4c(ncn4C(=O)N[C@@H]4CC[C@H]4OCc4cc(N)c(OC)cn4)c32)cc1. The molecule has 1 saturated carbocycles. The molecular weight excluding hydrogens is 546 g/mol. The van der Waals surface area contributed by atoms with Crippen LogP contribution in [0.2, 0.25) is 5.15 Å². The Kier molecular flexibility index (Phi) is 7.55. The zero-order chi connectivity index (χ0) is 28.5. The van der Waals surface area contributed by atoms with E-state index in [0.717, 1.165) is 54.8 Å². The largest absolute Gasteiger partial charge is 0.497 e. The van der Waals surface area contributed by atoms with Crippen molar-refractivity contribution >= 4 is 40.2 Å². The maximum atomic E-state index is 13.4. The smallest absolute Gasteiger partial charge is 0.328 e. The molecule has 41 heavy (non-hydrogen) atoms. The van der Waals surface area contributed by atoms with Crippen molar-refractivity contribution in [2.24, 2.45) is 0 Å². The standard InChI is InChI=1S/C29H32ClN7O4/c1-39-19-7-5-17(6-8-19)14-36-11-3-4-20-26(36)25-28(35-27(20)30)37(16-33-25)29(38)34-22-9-10-23(22)41-15-18-12-21(31)24(40-2)13-32-18/h5-8,12-13,16,22-23H,3-4,9-11,14-15H2,1-2H3,(H2,31,32)(H,34,38)/t22-,23-/m1/s1. The number of ether oxygens (including phenoxy) is 3. The summed E-state index contributed by atoms with van der Waals surface area (Å²) in [6.45, 7) is 1.82. The van der Waals surface area contributed by atoms with Crippen LogP contribution in [0.5, 0.6) is 11.5 Å². The van der Waals surface area contributed by atoms with Gasteiger partial charge in [-0.15, -0.1) is 0 Å². The summed E-state index contributed by atoms with van der Waals surface area (Å²) in [4.78, 5) is 29.2. The number of hydrogen-bond donors (Lipinski definition) is 2. The maximum absolute atomic E-state index is 13.4. The number of nitrogens with zero attached hydrogens (tertiary/aromatic N) is 5. The number of benzene rings is 1. The Morgan fingerprint density at radius 2 is 2.00 bits per heavy atom. The van der Waals surface area contributed by atoms with Gasteiger partial charge in [0.05, 0.1) is 56.2 Å². The molecule has 11 nitrogen and oxygen atoms in total. The number of aromatic nitrogens is 4. The second-order valence-corrected chi connectivity index (χ2v) is 10.6. The molecule has 1 aliphatic heterocycles. The molecule has 0 radical (unpaired) electrons. The Bertz CT molecular complexity index is 1580. The number of rotatable bonds is 8. The van der Waals surface area contributed by atoms with Crippen LogP contribution in [0.1, 0.15) is 36.1 Å². The number of amides is 1. The summed E-state index contributed by atoms with van der Waals surface area (Å²) in [7, 11) is 3.20. The predicted octanol–water partition coefficient (Wildman–Crippen LogP) is 4.34. The van der Waals surface area contributed by atoms with Crippen LogP contribution in [0, 0.1) is 0 Å². The van der Waals surface area contributed by atoms with Gasteiger partial charge in [-0.2, -0.15) is 0 Å². The van der Waals surface area contributed by atoms with E-state index in [1.165, 1.54) is 10.9 Å². The van der Waals surface area contributed by atoms with E-state index >= 15 is 0 Å². The molecule has 3 N–H and O–H groups in total. The number of nitrogens with two attached hydrogens (primary N) is 1. The summed E-state index contributed by atoms with van der Waals surface area (Å²) in [6, 6.07) is 9.28. The fourth-order valence-electron chi connectivity index (χ4n) is 5.40. The Balaban J connectivity index is 1.17. The van der Waals surface area contributed by atoms with E-state index in [-0.39, 0.29) is 24.8 Å². The molecule has 0 bridgehead atoms. The summed E-state index contributed by atoms with van der Waals surface area (Å²) >= 11 is 6.69. The second kappa shape index (κ2) is 11.4. The third kappa shape index (κ3) is 5.34. The number of hydrogen-bond acceptors (Lipinski definition) is 9. The summed E-state index contributed by atoms with van der Waals surface area (Å²) < 4.78 is 17.9. The minimum Gasteiger partial charge on any atom is -0.497 e. The molecule has 1 aliphatic carbocycles. The molecule has 214 valence electrons. The van der Waals surface area contributed by atoms with Gasteiger partial charge in [0.25, 0.3) is 0 Å². The van der Waals surface area contributed by atoms with Crippen LogP contribution < -0.4 is 25.4 Å². The fraction of sp³-hybridized carbons (Fsp3) is 0.379. The summed E-state index contributed by atoms with van der Waals surface area (Å²) in [6.07, 6.45) is 6.36. The van der Waals surface area contributed by atoms with E-state index in [2.05, 4.69) is 37.3 Å². The van der Waals surface area contributed by atoms with Crippen molar-refractivity contribution in [2.45, 2.75) is 51.0 Å². The van der Waals surface area contributed by atoms with Crippen LogP contribution in [-0.4, -0.2) is 58.5 Å². The van der Waals surface area contributed by atoms with E-state index < -0.39 is 0 Å². The van der Waals surface area contributed by atoms with Crippen LogP contribution in [0.3, 0.4) is 0 Å². The lowest BCUT2D eigenvalue weighted by molar-refractivity contribution is -0.0335. The van der Waals surface area contributed by atoms with Gasteiger partial charge >= 0.3 is 6.03 Å². The van der Waals surface area contributed by atoms with E-state index in [1.54, 1.807) is 26.5 Å². The molecule has 2 atom stereocenters. The average molecular weight is 578 g/mol. The number of imidazole rings is 1. The number of halogens is 1. The van der Waals surface area contributed by atoms with Crippen molar-refractivity contribution in [1.82, 2.24) is 24.8 Å². The van der Waals surface area contributed by atoms with Crippen LogP contribution in [0.15, 0.2) is 42.9 Å². The molecule has 4 heterocycles. The lowest BCUT2D eigenvalue weighted by atomic mass is 9.89. The average Bonchev–Trinajstić information content (AvgIpc) is 3.39. The zero-order valence-electron chi connectivity index (χ0n) is 23.0. The van der Waals surface area contributed by atoms with Gasteiger partial charge in [-0.25, -0.2) is 19.3 Å². The van der Waals surface area contributed by atoms with Crippen LogP contribution >= 0.6 is 11.6 Å². The Hall–Kier alpha value is -4.09. The Morgan fingerprint density at radius 3 is 2.71 bits per heavy atom. The number of nitrogen functional groups attached to an aromatic ring is 1. The van der Waals surface area contributed by atoms with Crippen molar-refractivity contribution in [3.8, 4) is 11.5 Å². The van der Waals surface area contributed by atoms with Crippen LogP contribution in [0.4, 0.5) is 16.2 Å². The van der Waals surface area contributed by atoms with Crippen molar-refractivity contribution in [3.05, 3.63) is 64.8 Å². The van der Waals surface area contributed by atoms with Gasteiger partial charge in [-0.1, -0.05) is 23.7 Å². The number of carbonyl (C=O) groups excluding carboxylic acids is 1. The molecule has 12 heteroatoms. The molecule has 4 aromatic rings. The van der Waals surface area contributed by atoms with Gasteiger partial charge in [0.2, 0.25) is 0 Å². The first-order valence-electron chi connectivity index (χ1n) is 13.6. The van der Waals surface area contributed by atoms with Gasteiger partial charge in [-0.3, -0.25) is 4.98 Å². The third-order valence-electron chi connectivity index (χ3n) is 7.77. The monoisotopic (exact) mass is 577 g/mol. The van der Waals surface area contributed by atoms with Gasteiger partial charge in [0.15, 0.2) is 11.4 Å². The first-order chi connectivity index (χ1) is 19.9. The highest BCUT2D eigenvalue weighted by Gasteiger charge is 2.34. The van der Waals surface area contributed by atoms with Gasteiger partial charge < -0.3 is 30.2 Å².